The summed E-state index contributed by atoms with van der Waals surface area (Å²) in [5.41, 5.74) is 6.66. The first-order valence-corrected chi connectivity index (χ1v) is 6.82. The molecule has 110 valence electrons. The van der Waals surface area contributed by atoms with Crippen molar-refractivity contribution >= 4 is 17.6 Å². The first-order valence-electron chi connectivity index (χ1n) is 6.44. The molecule has 0 amide bonds. The highest BCUT2D eigenvalue weighted by atomic mass is 35.5. The minimum atomic E-state index is -0.655. The van der Waals surface area contributed by atoms with Crippen molar-refractivity contribution in [3.63, 3.8) is 0 Å². The molecule has 0 heterocycles. The molecule has 4 nitrogen and oxygen atoms in total. The molecular weight excluding hydrogens is 290 g/mol. The molecule has 0 aliphatic rings. The van der Waals surface area contributed by atoms with Crippen LogP contribution in [0.5, 0.6) is 11.5 Å². The van der Waals surface area contributed by atoms with Gasteiger partial charge in [-0.3, -0.25) is 4.79 Å². The van der Waals surface area contributed by atoms with E-state index in [1.807, 2.05) is 24.3 Å². The number of rotatable bonds is 5. The van der Waals surface area contributed by atoms with Crippen LogP contribution in [0.15, 0.2) is 48.5 Å². The molecule has 0 aliphatic heterocycles. The normalized spacial score (nSPS) is 11.8. The van der Waals surface area contributed by atoms with Gasteiger partial charge in [0, 0.05) is 5.02 Å². The van der Waals surface area contributed by atoms with Gasteiger partial charge in [-0.25, -0.2) is 0 Å². The van der Waals surface area contributed by atoms with Crippen molar-refractivity contribution in [3.8, 4) is 11.5 Å². The third kappa shape index (κ3) is 4.48. The fourth-order valence-electron chi connectivity index (χ4n) is 1.82. The molecule has 0 spiro atoms. The zero-order valence-corrected chi connectivity index (χ0v) is 12.3. The van der Waals surface area contributed by atoms with Gasteiger partial charge < -0.3 is 15.2 Å². The summed E-state index contributed by atoms with van der Waals surface area (Å²) in [5.74, 6) is 0.989. The van der Waals surface area contributed by atoms with Crippen LogP contribution in [0.2, 0.25) is 5.02 Å². The lowest BCUT2D eigenvalue weighted by Crippen LogP contribution is -2.33. The van der Waals surface area contributed by atoms with Gasteiger partial charge in [0.2, 0.25) is 0 Å². The van der Waals surface area contributed by atoms with Crippen molar-refractivity contribution in [2.75, 3.05) is 7.11 Å². The molecule has 2 aromatic rings. The molecule has 1 unspecified atom stereocenters. The third-order valence-electron chi connectivity index (χ3n) is 2.93. The average molecular weight is 306 g/mol. The molecular formula is C16H16ClNO3. The minimum Gasteiger partial charge on any atom is -0.468 e. The predicted octanol–water partition coefficient (Wildman–Crippen LogP) is 3.18. The van der Waals surface area contributed by atoms with Crippen LogP contribution >= 0.6 is 11.6 Å². The third-order valence-corrected chi connectivity index (χ3v) is 3.18. The van der Waals surface area contributed by atoms with Crippen LogP contribution in [-0.2, 0) is 16.0 Å². The van der Waals surface area contributed by atoms with Crippen LogP contribution < -0.4 is 10.5 Å². The summed E-state index contributed by atoms with van der Waals surface area (Å²) in [6.45, 7) is 0. The van der Waals surface area contributed by atoms with Crippen LogP contribution in [0.4, 0.5) is 0 Å². The number of hydrogen-bond acceptors (Lipinski definition) is 4. The second-order valence-electron chi connectivity index (χ2n) is 4.53. The fraction of sp³-hybridized carbons (Fsp3) is 0.188. The molecule has 2 aromatic carbocycles. The smallest absolute Gasteiger partial charge is 0.322 e. The Morgan fingerprint density at radius 2 is 1.62 bits per heavy atom. The van der Waals surface area contributed by atoms with E-state index in [0.29, 0.717) is 22.9 Å². The van der Waals surface area contributed by atoms with E-state index < -0.39 is 12.0 Å². The average Bonchev–Trinajstić information content (AvgIpc) is 2.50. The lowest BCUT2D eigenvalue weighted by molar-refractivity contribution is -0.142. The maximum absolute atomic E-state index is 11.3. The van der Waals surface area contributed by atoms with Crippen molar-refractivity contribution in [1.29, 1.82) is 0 Å². The first-order chi connectivity index (χ1) is 10.1. The van der Waals surface area contributed by atoms with Gasteiger partial charge in [-0.05, 0) is 48.4 Å². The molecule has 0 saturated heterocycles. The van der Waals surface area contributed by atoms with Crippen molar-refractivity contribution in [1.82, 2.24) is 0 Å². The number of halogens is 1. The number of ether oxygens (including phenoxy) is 2. The second-order valence-corrected chi connectivity index (χ2v) is 4.97. The second kappa shape index (κ2) is 7.11. The highest BCUT2D eigenvalue weighted by Gasteiger charge is 2.14. The molecule has 0 aromatic heterocycles. The standard InChI is InChI=1S/C16H16ClNO3/c1-20-16(19)15(18)10-11-2-6-13(7-3-11)21-14-8-4-12(17)5-9-14/h2-9,15H,10,18H2,1H3. The SMILES string of the molecule is COC(=O)C(N)Cc1ccc(Oc2ccc(Cl)cc2)cc1. The van der Waals surface area contributed by atoms with Gasteiger partial charge in [0.1, 0.15) is 17.5 Å². The van der Waals surface area contributed by atoms with E-state index in [0.717, 1.165) is 5.56 Å². The molecule has 0 radical (unpaired) electrons. The monoisotopic (exact) mass is 305 g/mol. The van der Waals surface area contributed by atoms with Crippen molar-refractivity contribution in [2.45, 2.75) is 12.5 Å². The number of carbonyl (C=O) groups excluding carboxylic acids is 1. The lowest BCUT2D eigenvalue weighted by Gasteiger charge is -2.10. The van der Waals surface area contributed by atoms with Crippen molar-refractivity contribution in [3.05, 3.63) is 59.1 Å². The van der Waals surface area contributed by atoms with Crippen molar-refractivity contribution < 1.29 is 14.3 Å². The summed E-state index contributed by atoms with van der Waals surface area (Å²) in [4.78, 5) is 11.3. The Labute approximate surface area is 128 Å². The van der Waals surface area contributed by atoms with Gasteiger partial charge in [-0.2, -0.15) is 0 Å². The number of esters is 1. The number of methoxy groups -OCH3 is 1. The van der Waals surface area contributed by atoms with Gasteiger partial charge >= 0.3 is 5.97 Å². The van der Waals surface area contributed by atoms with Gasteiger partial charge in [0.05, 0.1) is 7.11 Å². The van der Waals surface area contributed by atoms with E-state index in [9.17, 15) is 4.79 Å². The van der Waals surface area contributed by atoms with Crippen LogP contribution in [-0.4, -0.2) is 19.1 Å². The van der Waals surface area contributed by atoms with Crippen LogP contribution in [0, 0.1) is 0 Å². The predicted molar refractivity (Wildman–Crippen MR) is 81.7 cm³/mol. The summed E-state index contributed by atoms with van der Waals surface area (Å²) in [7, 11) is 1.32. The Morgan fingerprint density at radius 1 is 1.10 bits per heavy atom. The minimum absolute atomic E-state index is 0.420. The number of hydrogen-bond donors (Lipinski definition) is 1. The quantitative estimate of drug-likeness (QED) is 0.862. The number of benzene rings is 2. The largest absolute Gasteiger partial charge is 0.468 e. The lowest BCUT2D eigenvalue weighted by atomic mass is 10.1. The molecule has 0 saturated carbocycles. The highest BCUT2D eigenvalue weighted by molar-refractivity contribution is 6.30. The molecule has 0 fully saturated rings. The molecule has 2 rings (SSSR count). The highest BCUT2D eigenvalue weighted by Crippen LogP contribution is 2.23. The Morgan fingerprint density at radius 3 is 2.14 bits per heavy atom. The number of nitrogens with two attached hydrogens (primary N) is 1. The summed E-state index contributed by atoms with van der Waals surface area (Å²) >= 11 is 5.82. The fourth-order valence-corrected chi connectivity index (χ4v) is 1.95. The molecule has 1 atom stereocenters. The molecule has 0 aliphatic carbocycles. The van der Waals surface area contributed by atoms with E-state index in [2.05, 4.69) is 4.74 Å². The Kier molecular flexibility index (Phi) is 5.20. The van der Waals surface area contributed by atoms with Gasteiger partial charge in [0.25, 0.3) is 0 Å². The number of carbonyl (C=O) groups is 1. The molecule has 2 N–H and O–H groups in total. The molecule has 5 heteroatoms. The summed E-state index contributed by atoms with van der Waals surface area (Å²) in [6.07, 6.45) is 0.425. The summed E-state index contributed by atoms with van der Waals surface area (Å²) in [6, 6.07) is 13.9. The van der Waals surface area contributed by atoms with Gasteiger partial charge in [-0.1, -0.05) is 23.7 Å². The summed E-state index contributed by atoms with van der Waals surface area (Å²) in [5, 5.41) is 0.662. The maximum atomic E-state index is 11.3. The van der Waals surface area contributed by atoms with Crippen molar-refractivity contribution in [2.24, 2.45) is 5.73 Å². The Hall–Kier alpha value is -2.04. The molecule has 0 bridgehead atoms. The topological polar surface area (TPSA) is 61.5 Å². The molecule has 21 heavy (non-hydrogen) atoms. The van der Waals surface area contributed by atoms with E-state index in [4.69, 9.17) is 22.1 Å². The van der Waals surface area contributed by atoms with Crippen LogP contribution in [0.3, 0.4) is 0 Å². The maximum Gasteiger partial charge on any atom is 0.322 e. The van der Waals surface area contributed by atoms with E-state index >= 15 is 0 Å². The van der Waals surface area contributed by atoms with E-state index in [-0.39, 0.29) is 0 Å². The van der Waals surface area contributed by atoms with E-state index in [1.165, 1.54) is 7.11 Å². The Bertz CT molecular complexity index is 596. The van der Waals surface area contributed by atoms with Gasteiger partial charge in [-0.15, -0.1) is 0 Å². The first kappa shape index (κ1) is 15.4. The van der Waals surface area contributed by atoms with Crippen LogP contribution in [0.1, 0.15) is 5.56 Å². The zero-order chi connectivity index (χ0) is 15.2. The Balaban J connectivity index is 1.98. The summed E-state index contributed by atoms with van der Waals surface area (Å²) < 4.78 is 10.3. The van der Waals surface area contributed by atoms with E-state index in [1.54, 1.807) is 24.3 Å². The van der Waals surface area contributed by atoms with Gasteiger partial charge in [0.15, 0.2) is 0 Å². The van der Waals surface area contributed by atoms with Crippen LogP contribution in [0.25, 0.3) is 0 Å². The zero-order valence-electron chi connectivity index (χ0n) is 11.6.